The SMILES string of the molecule is CC1CCN(C(=O)c2cccc(-c3cc(F)ccc3F)n2)CC1. The molecule has 1 amide bonds. The van der Waals surface area contributed by atoms with E-state index < -0.39 is 11.6 Å². The number of aromatic nitrogens is 1. The number of carbonyl (C=O) groups excluding carboxylic acids is 1. The van der Waals surface area contributed by atoms with E-state index in [4.69, 9.17) is 0 Å². The minimum Gasteiger partial charge on any atom is -0.337 e. The van der Waals surface area contributed by atoms with Crippen LogP contribution in [0.3, 0.4) is 0 Å². The average molecular weight is 316 g/mol. The molecule has 1 aliphatic rings. The first kappa shape index (κ1) is 15.6. The molecule has 0 spiro atoms. The summed E-state index contributed by atoms with van der Waals surface area (Å²) < 4.78 is 27.2. The van der Waals surface area contributed by atoms with Crippen LogP contribution in [0, 0.1) is 17.6 Å². The maximum atomic E-state index is 13.9. The fourth-order valence-electron chi connectivity index (χ4n) is 2.77. The lowest BCUT2D eigenvalue weighted by molar-refractivity contribution is 0.0691. The van der Waals surface area contributed by atoms with Gasteiger partial charge in [-0.1, -0.05) is 13.0 Å². The highest BCUT2D eigenvalue weighted by Crippen LogP contribution is 2.23. The van der Waals surface area contributed by atoms with Gasteiger partial charge in [-0.2, -0.15) is 0 Å². The highest BCUT2D eigenvalue weighted by molar-refractivity contribution is 5.93. The number of benzene rings is 1. The summed E-state index contributed by atoms with van der Waals surface area (Å²) in [6, 6.07) is 8.05. The maximum absolute atomic E-state index is 13.9. The number of likely N-dealkylation sites (tertiary alicyclic amines) is 1. The van der Waals surface area contributed by atoms with Crippen LogP contribution in [0.25, 0.3) is 11.3 Å². The van der Waals surface area contributed by atoms with Gasteiger partial charge in [0.05, 0.1) is 5.69 Å². The standard InChI is InChI=1S/C18H18F2N2O/c1-12-7-9-22(10-8-12)18(23)17-4-2-3-16(21-17)14-11-13(19)5-6-15(14)20/h2-6,11-12H,7-10H2,1H3. The van der Waals surface area contributed by atoms with Crippen LogP contribution in [0.1, 0.15) is 30.3 Å². The molecule has 0 aliphatic carbocycles. The summed E-state index contributed by atoms with van der Waals surface area (Å²) >= 11 is 0. The second-order valence-electron chi connectivity index (χ2n) is 6.01. The second kappa shape index (κ2) is 6.44. The van der Waals surface area contributed by atoms with Crippen molar-refractivity contribution in [2.24, 2.45) is 5.92 Å². The number of piperidine rings is 1. The Morgan fingerprint density at radius 1 is 1.17 bits per heavy atom. The minimum absolute atomic E-state index is 0.0620. The maximum Gasteiger partial charge on any atom is 0.272 e. The first-order valence-electron chi connectivity index (χ1n) is 7.76. The lowest BCUT2D eigenvalue weighted by Crippen LogP contribution is -2.38. The Balaban J connectivity index is 1.88. The van der Waals surface area contributed by atoms with Crippen molar-refractivity contribution in [3.05, 3.63) is 53.7 Å². The van der Waals surface area contributed by atoms with Gasteiger partial charge in [0, 0.05) is 18.7 Å². The van der Waals surface area contributed by atoms with Gasteiger partial charge in [-0.05, 0) is 49.1 Å². The van der Waals surface area contributed by atoms with Crippen molar-refractivity contribution in [1.29, 1.82) is 0 Å². The Morgan fingerprint density at radius 3 is 2.65 bits per heavy atom. The molecule has 0 radical (unpaired) electrons. The molecule has 2 aromatic rings. The highest BCUT2D eigenvalue weighted by Gasteiger charge is 2.22. The molecular weight excluding hydrogens is 298 g/mol. The number of amides is 1. The quantitative estimate of drug-likeness (QED) is 0.842. The monoisotopic (exact) mass is 316 g/mol. The largest absolute Gasteiger partial charge is 0.337 e. The van der Waals surface area contributed by atoms with Gasteiger partial charge in [0.2, 0.25) is 0 Å². The molecule has 0 atom stereocenters. The van der Waals surface area contributed by atoms with Gasteiger partial charge in [0.25, 0.3) is 5.91 Å². The Hall–Kier alpha value is -2.30. The van der Waals surface area contributed by atoms with Crippen molar-refractivity contribution >= 4 is 5.91 Å². The number of pyridine rings is 1. The summed E-state index contributed by atoms with van der Waals surface area (Å²) in [6.45, 7) is 3.59. The normalized spacial score (nSPS) is 15.7. The molecular formula is C18H18F2N2O. The number of nitrogens with zero attached hydrogens (tertiary/aromatic N) is 2. The molecule has 0 bridgehead atoms. The summed E-state index contributed by atoms with van der Waals surface area (Å²) in [5.74, 6) is -0.629. The smallest absolute Gasteiger partial charge is 0.272 e. The minimum atomic E-state index is -0.560. The Morgan fingerprint density at radius 2 is 1.91 bits per heavy atom. The molecule has 0 N–H and O–H groups in total. The lowest BCUT2D eigenvalue weighted by Gasteiger charge is -2.30. The third-order valence-electron chi connectivity index (χ3n) is 4.24. The van der Waals surface area contributed by atoms with E-state index in [1.54, 1.807) is 23.1 Å². The average Bonchev–Trinajstić information content (AvgIpc) is 2.57. The molecule has 1 aromatic heterocycles. The molecule has 0 unspecified atom stereocenters. The summed E-state index contributed by atoms with van der Waals surface area (Å²) in [5.41, 5.74) is 0.589. The summed E-state index contributed by atoms with van der Waals surface area (Å²) in [4.78, 5) is 18.6. The third-order valence-corrected chi connectivity index (χ3v) is 4.24. The van der Waals surface area contributed by atoms with E-state index in [-0.39, 0.29) is 22.9 Å². The van der Waals surface area contributed by atoms with Gasteiger partial charge in [-0.25, -0.2) is 13.8 Å². The van der Waals surface area contributed by atoms with Gasteiger partial charge in [0.1, 0.15) is 17.3 Å². The lowest BCUT2D eigenvalue weighted by atomic mass is 9.99. The van der Waals surface area contributed by atoms with Crippen LogP contribution >= 0.6 is 0 Å². The van der Waals surface area contributed by atoms with Crippen LogP contribution in [0.15, 0.2) is 36.4 Å². The van der Waals surface area contributed by atoms with Crippen LogP contribution in [-0.4, -0.2) is 28.9 Å². The van der Waals surface area contributed by atoms with Crippen LogP contribution in [0.5, 0.6) is 0 Å². The van der Waals surface area contributed by atoms with E-state index in [1.807, 2.05) is 0 Å². The number of hydrogen-bond acceptors (Lipinski definition) is 2. The summed E-state index contributed by atoms with van der Waals surface area (Å²) in [5, 5.41) is 0. The number of carbonyl (C=O) groups is 1. The topological polar surface area (TPSA) is 33.2 Å². The van der Waals surface area contributed by atoms with Crippen LogP contribution < -0.4 is 0 Å². The number of halogens is 2. The van der Waals surface area contributed by atoms with E-state index in [0.717, 1.165) is 31.0 Å². The van der Waals surface area contributed by atoms with Crippen molar-refractivity contribution in [3.63, 3.8) is 0 Å². The van der Waals surface area contributed by atoms with Gasteiger partial charge >= 0.3 is 0 Å². The molecule has 3 nitrogen and oxygen atoms in total. The molecule has 1 saturated heterocycles. The molecule has 2 heterocycles. The van der Waals surface area contributed by atoms with Crippen molar-refractivity contribution in [2.45, 2.75) is 19.8 Å². The zero-order valence-corrected chi connectivity index (χ0v) is 12.9. The summed E-state index contributed by atoms with van der Waals surface area (Å²) in [6.07, 6.45) is 1.95. The van der Waals surface area contributed by atoms with Gasteiger partial charge in [-0.3, -0.25) is 4.79 Å². The van der Waals surface area contributed by atoms with Crippen molar-refractivity contribution in [1.82, 2.24) is 9.88 Å². The predicted octanol–water partition coefficient (Wildman–Crippen LogP) is 3.90. The highest BCUT2D eigenvalue weighted by atomic mass is 19.1. The number of hydrogen-bond donors (Lipinski definition) is 0. The number of rotatable bonds is 2. The molecule has 5 heteroatoms. The zero-order chi connectivity index (χ0) is 16.4. The predicted molar refractivity (Wildman–Crippen MR) is 83.9 cm³/mol. The van der Waals surface area contributed by atoms with Gasteiger partial charge in [0.15, 0.2) is 0 Å². The first-order valence-corrected chi connectivity index (χ1v) is 7.76. The van der Waals surface area contributed by atoms with E-state index in [1.165, 1.54) is 0 Å². The van der Waals surface area contributed by atoms with Gasteiger partial charge in [-0.15, -0.1) is 0 Å². The Kier molecular flexibility index (Phi) is 4.37. The van der Waals surface area contributed by atoms with Crippen LogP contribution in [-0.2, 0) is 0 Å². The molecule has 3 rings (SSSR count). The Labute approximate surface area is 134 Å². The van der Waals surface area contributed by atoms with E-state index in [2.05, 4.69) is 11.9 Å². The van der Waals surface area contributed by atoms with E-state index in [0.29, 0.717) is 19.0 Å². The molecule has 120 valence electrons. The fraction of sp³-hybridized carbons (Fsp3) is 0.333. The summed E-state index contributed by atoms with van der Waals surface area (Å²) in [7, 11) is 0. The molecule has 1 aliphatic heterocycles. The van der Waals surface area contributed by atoms with Crippen LogP contribution in [0.2, 0.25) is 0 Å². The van der Waals surface area contributed by atoms with Crippen molar-refractivity contribution in [3.8, 4) is 11.3 Å². The van der Waals surface area contributed by atoms with E-state index in [9.17, 15) is 13.6 Å². The zero-order valence-electron chi connectivity index (χ0n) is 12.9. The van der Waals surface area contributed by atoms with E-state index >= 15 is 0 Å². The van der Waals surface area contributed by atoms with Crippen molar-refractivity contribution in [2.75, 3.05) is 13.1 Å². The molecule has 0 saturated carbocycles. The molecule has 1 aromatic carbocycles. The van der Waals surface area contributed by atoms with Gasteiger partial charge < -0.3 is 4.90 Å². The first-order chi connectivity index (χ1) is 11.0. The molecule has 1 fully saturated rings. The molecule has 23 heavy (non-hydrogen) atoms. The second-order valence-corrected chi connectivity index (χ2v) is 6.01. The third kappa shape index (κ3) is 3.38. The van der Waals surface area contributed by atoms with Crippen molar-refractivity contribution < 1.29 is 13.6 Å². The Bertz CT molecular complexity index is 725. The van der Waals surface area contributed by atoms with Crippen LogP contribution in [0.4, 0.5) is 8.78 Å². The fourth-order valence-corrected chi connectivity index (χ4v) is 2.77.